The van der Waals surface area contributed by atoms with E-state index in [9.17, 15) is 8.78 Å². The van der Waals surface area contributed by atoms with Crippen LogP contribution < -0.4 is 10.2 Å². The summed E-state index contributed by atoms with van der Waals surface area (Å²) in [5, 5.41) is 2.87. The third-order valence-corrected chi connectivity index (χ3v) is 2.54. The summed E-state index contributed by atoms with van der Waals surface area (Å²) in [4.78, 5) is 1.67. The van der Waals surface area contributed by atoms with Crippen LogP contribution in [0.15, 0.2) is 12.1 Å². The maximum atomic E-state index is 13.7. The minimum Gasteiger partial charge on any atom is -0.367 e. The molecule has 0 unspecified atom stereocenters. The van der Waals surface area contributed by atoms with Gasteiger partial charge in [0.25, 0.3) is 0 Å². The van der Waals surface area contributed by atoms with E-state index < -0.39 is 11.6 Å². The summed E-state index contributed by atoms with van der Waals surface area (Å²) in [7, 11) is 1.74. The van der Waals surface area contributed by atoms with Crippen molar-refractivity contribution in [3.63, 3.8) is 0 Å². The molecule has 1 rings (SSSR count). The van der Waals surface area contributed by atoms with Crippen LogP contribution in [0.5, 0.6) is 0 Å². The largest absolute Gasteiger partial charge is 0.367 e. The average molecular weight is 228 g/mol. The van der Waals surface area contributed by atoms with Gasteiger partial charge in [-0.3, -0.25) is 0 Å². The Hall–Kier alpha value is -1.16. The van der Waals surface area contributed by atoms with Crippen molar-refractivity contribution in [1.82, 2.24) is 5.32 Å². The van der Waals surface area contributed by atoms with Gasteiger partial charge in [0.15, 0.2) is 0 Å². The molecule has 0 heterocycles. The van der Waals surface area contributed by atoms with Crippen molar-refractivity contribution < 1.29 is 8.78 Å². The zero-order valence-corrected chi connectivity index (χ0v) is 9.98. The lowest BCUT2D eigenvalue weighted by Crippen LogP contribution is -2.24. The van der Waals surface area contributed by atoms with Crippen molar-refractivity contribution in [2.24, 2.45) is 0 Å². The molecule has 4 heteroatoms. The van der Waals surface area contributed by atoms with Gasteiger partial charge >= 0.3 is 0 Å². The fourth-order valence-electron chi connectivity index (χ4n) is 1.77. The van der Waals surface area contributed by atoms with Gasteiger partial charge in [-0.1, -0.05) is 0 Å². The molecule has 2 nitrogen and oxygen atoms in total. The third-order valence-electron chi connectivity index (χ3n) is 2.54. The highest BCUT2D eigenvalue weighted by atomic mass is 19.1. The third kappa shape index (κ3) is 2.70. The van der Waals surface area contributed by atoms with E-state index in [2.05, 4.69) is 5.32 Å². The number of nitrogens with zero attached hydrogens (tertiary/aromatic N) is 1. The zero-order valence-electron chi connectivity index (χ0n) is 9.98. The van der Waals surface area contributed by atoms with Gasteiger partial charge in [0.2, 0.25) is 0 Å². The smallest absolute Gasteiger partial charge is 0.149 e. The topological polar surface area (TPSA) is 15.3 Å². The molecule has 0 aliphatic heterocycles. The molecule has 0 atom stereocenters. The van der Waals surface area contributed by atoms with Crippen LogP contribution in [0.4, 0.5) is 14.5 Å². The maximum Gasteiger partial charge on any atom is 0.149 e. The SMILES string of the molecule is CCN(CC)c1c(F)cc(CNC)cc1F. The zero-order chi connectivity index (χ0) is 12.1. The highest BCUT2D eigenvalue weighted by Gasteiger charge is 2.15. The second-order valence-electron chi connectivity index (χ2n) is 3.61. The van der Waals surface area contributed by atoms with Gasteiger partial charge in [0.05, 0.1) is 0 Å². The molecule has 0 aromatic heterocycles. The number of anilines is 1. The Morgan fingerprint density at radius 1 is 1.12 bits per heavy atom. The maximum absolute atomic E-state index is 13.7. The Balaban J connectivity index is 3.11. The predicted octanol–water partition coefficient (Wildman–Crippen LogP) is 2.53. The number of rotatable bonds is 5. The van der Waals surface area contributed by atoms with E-state index in [1.54, 1.807) is 11.9 Å². The van der Waals surface area contributed by atoms with Crippen LogP contribution in [-0.2, 0) is 6.54 Å². The Morgan fingerprint density at radius 2 is 1.62 bits per heavy atom. The second kappa shape index (κ2) is 5.80. The molecule has 0 radical (unpaired) electrons. The molecule has 0 fully saturated rings. The standard InChI is InChI=1S/C12H18F2N2/c1-4-16(5-2)12-10(13)6-9(8-15-3)7-11(12)14/h6-7,15H,4-5,8H2,1-3H3. The molecular formula is C12H18F2N2. The summed E-state index contributed by atoms with van der Waals surface area (Å²) < 4.78 is 27.5. The van der Waals surface area contributed by atoms with Gasteiger partial charge in [-0.2, -0.15) is 0 Å². The van der Waals surface area contributed by atoms with E-state index >= 15 is 0 Å². The summed E-state index contributed by atoms with van der Waals surface area (Å²) in [6.45, 7) is 5.41. The number of halogens is 2. The minimum absolute atomic E-state index is 0.0739. The highest BCUT2D eigenvalue weighted by Crippen LogP contribution is 2.24. The molecule has 0 amide bonds. The molecule has 0 spiro atoms. The van der Waals surface area contributed by atoms with E-state index in [1.165, 1.54) is 12.1 Å². The normalized spacial score (nSPS) is 10.6. The highest BCUT2D eigenvalue weighted by molar-refractivity contribution is 5.50. The van der Waals surface area contributed by atoms with Crippen LogP contribution in [0.2, 0.25) is 0 Å². The first-order valence-corrected chi connectivity index (χ1v) is 5.51. The van der Waals surface area contributed by atoms with Crippen LogP contribution in [0.3, 0.4) is 0 Å². The Morgan fingerprint density at radius 3 is 2.00 bits per heavy atom. The molecule has 1 aromatic rings. The quantitative estimate of drug-likeness (QED) is 0.833. The Labute approximate surface area is 95.3 Å². The van der Waals surface area contributed by atoms with E-state index in [4.69, 9.17) is 0 Å². The molecule has 0 saturated heterocycles. The molecule has 0 saturated carbocycles. The van der Waals surface area contributed by atoms with Gasteiger partial charge in [-0.25, -0.2) is 8.78 Å². The number of benzene rings is 1. The monoisotopic (exact) mass is 228 g/mol. The summed E-state index contributed by atoms with van der Waals surface area (Å²) >= 11 is 0. The summed E-state index contributed by atoms with van der Waals surface area (Å²) in [5.41, 5.74) is 0.693. The molecule has 16 heavy (non-hydrogen) atoms. The van der Waals surface area contributed by atoms with Crippen LogP contribution in [0.25, 0.3) is 0 Å². The molecular weight excluding hydrogens is 210 g/mol. The minimum atomic E-state index is -0.492. The predicted molar refractivity (Wildman–Crippen MR) is 62.7 cm³/mol. The Kier molecular flexibility index (Phi) is 4.68. The molecule has 1 aromatic carbocycles. The fourth-order valence-corrected chi connectivity index (χ4v) is 1.77. The lowest BCUT2D eigenvalue weighted by atomic mass is 10.1. The van der Waals surface area contributed by atoms with Gasteiger partial charge in [0.1, 0.15) is 17.3 Å². The van der Waals surface area contributed by atoms with Gasteiger partial charge in [-0.05, 0) is 38.6 Å². The first-order valence-electron chi connectivity index (χ1n) is 5.51. The number of nitrogens with one attached hydrogen (secondary N) is 1. The molecule has 1 N–H and O–H groups in total. The van der Waals surface area contributed by atoms with Crippen molar-refractivity contribution in [3.8, 4) is 0 Å². The molecule has 0 aliphatic rings. The van der Waals surface area contributed by atoms with Gasteiger partial charge in [-0.15, -0.1) is 0 Å². The summed E-state index contributed by atoms with van der Waals surface area (Å²) in [6, 6.07) is 2.76. The van der Waals surface area contributed by atoms with E-state index in [0.29, 0.717) is 25.2 Å². The van der Waals surface area contributed by atoms with E-state index in [0.717, 1.165) is 0 Å². The van der Waals surface area contributed by atoms with Crippen LogP contribution in [0, 0.1) is 11.6 Å². The van der Waals surface area contributed by atoms with Crippen LogP contribution >= 0.6 is 0 Å². The number of hydrogen-bond donors (Lipinski definition) is 1. The molecule has 90 valence electrons. The summed E-state index contributed by atoms with van der Waals surface area (Å²) in [5.74, 6) is -0.983. The average Bonchev–Trinajstić information content (AvgIpc) is 2.23. The van der Waals surface area contributed by atoms with E-state index in [1.807, 2.05) is 13.8 Å². The molecule has 0 aliphatic carbocycles. The van der Waals surface area contributed by atoms with Gasteiger partial charge in [0, 0.05) is 19.6 Å². The van der Waals surface area contributed by atoms with Crippen molar-refractivity contribution in [2.75, 3.05) is 25.0 Å². The second-order valence-corrected chi connectivity index (χ2v) is 3.61. The summed E-state index contributed by atoms with van der Waals surface area (Å²) in [6.07, 6.45) is 0. The van der Waals surface area contributed by atoms with Crippen molar-refractivity contribution in [2.45, 2.75) is 20.4 Å². The lowest BCUT2D eigenvalue weighted by Gasteiger charge is -2.22. The molecule has 0 bridgehead atoms. The van der Waals surface area contributed by atoms with Crippen LogP contribution in [-0.4, -0.2) is 20.1 Å². The van der Waals surface area contributed by atoms with Crippen LogP contribution in [0.1, 0.15) is 19.4 Å². The van der Waals surface area contributed by atoms with Gasteiger partial charge < -0.3 is 10.2 Å². The van der Waals surface area contributed by atoms with E-state index in [-0.39, 0.29) is 5.69 Å². The van der Waals surface area contributed by atoms with Crippen molar-refractivity contribution in [3.05, 3.63) is 29.3 Å². The lowest BCUT2D eigenvalue weighted by molar-refractivity contribution is 0.569. The van der Waals surface area contributed by atoms with Crippen molar-refractivity contribution >= 4 is 5.69 Å². The first-order chi connectivity index (χ1) is 7.63. The van der Waals surface area contributed by atoms with Crippen molar-refractivity contribution in [1.29, 1.82) is 0 Å². The first kappa shape index (κ1) is 12.9. The fraction of sp³-hybridized carbons (Fsp3) is 0.500. The Bertz CT molecular complexity index is 326. The number of hydrogen-bond acceptors (Lipinski definition) is 2.